The highest BCUT2D eigenvalue weighted by atomic mass is 19.4. The molecular weight excluding hydrogens is 224 g/mol. The van der Waals surface area contributed by atoms with Gasteiger partial charge in [0.05, 0.1) is 6.10 Å². The van der Waals surface area contributed by atoms with Crippen molar-refractivity contribution in [2.45, 2.75) is 31.5 Å². The molecule has 0 aliphatic heterocycles. The van der Waals surface area contributed by atoms with Crippen LogP contribution in [0.3, 0.4) is 0 Å². The van der Waals surface area contributed by atoms with Gasteiger partial charge in [-0.25, -0.2) is 4.39 Å². The molecule has 1 unspecified atom stereocenters. The van der Waals surface area contributed by atoms with E-state index in [2.05, 4.69) is 0 Å². The summed E-state index contributed by atoms with van der Waals surface area (Å²) in [6, 6.07) is 5.33. The van der Waals surface area contributed by atoms with E-state index < -0.39 is 24.5 Å². The van der Waals surface area contributed by atoms with Gasteiger partial charge in [0, 0.05) is 6.42 Å². The average Bonchev–Trinajstić information content (AvgIpc) is 2.18. The second-order valence-electron chi connectivity index (χ2n) is 3.64. The SMILES string of the molecule is OC(CCC(F)(F)F)Cc1ccc(F)cc1. The Bertz CT molecular complexity index is 318. The van der Waals surface area contributed by atoms with Crippen molar-refractivity contribution in [1.82, 2.24) is 0 Å². The summed E-state index contributed by atoms with van der Waals surface area (Å²) >= 11 is 0. The smallest absolute Gasteiger partial charge is 0.389 e. The molecule has 1 aromatic rings. The van der Waals surface area contributed by atoms with Crippen molar-refractivity contribution in [3.05, 3.63) is 35.6 Å². The molecule has 90 valence electrons. The van der Waals surface area contributed by atoms with Crippen LogP contribution in [0.1, 0.15) is 18.4 Å². The molecule has 0 spiro atoms. The highest BCUT2D eigenvalue weighted by molar-refractivity contribution is 5.16. The van der Waals surface area contributed by atoms with Crippen LogP contribution in [0, 0.1) is 5.82 Å². The molecule has 0 saturated heterocycles. The van der Waals surface area contributed by atoms with Gasteiger partial charge < -0.3 is 5.11 Å². The lowest BCUT2D eigenvalue weighted by Crippen LogP contribution is -2.16. The lowest BCUT2D eigenvalue weighted by atomic mass is 10.0. The van der Waals surface area contributed by atoms with Gasteiger partial charge in [-0.1, -0.05) is 12.1 Å². The van der Waals surface area contributed by atoms with Crippen LogP contribution in [0.25, 0.3) is 0 Å². The number of hydrogen-bond acceptors (Lipinski definition) is 1. The number of rotatable bonds is 4. The van der Waals surface area contributed by atoms with Crippen LogP contribution in [0.4, 0.5) is 17.6 Å². The maximum absolute atomic E-state index is 12.5. The molecule has 16 heavy (non-hydrogen) atoms. The Kier molecular flexibility index (Phi) is 4.29. The molecule has 0 saturated carbocycles. The quantitative estimate of drug-likeness (QED) is 0.796. The van der Waals surface area contributed by atoms with Crippen molar-refractivity contribution in [3.8, 4) is 0 Å². The van der Waals surface area contributed by atoms with Gasteiger partial charge in [0.25, 0.3) is 0 Å². The maximum Gasteiger partial charge on any atom is 0.389 e. The van der Waals surface area contributed by atoms with Gasteiger partial charge in [0.2, 0.25) is 0 Å². The van der Waals surface area contributed by atoms with E-state index in [1.807, 2.05) is 0 Å². The van der Waals surface area contributed by atoms with Gasteiger partial charge in [0.15, 0.2) is 0 Å². The van der Waals surface area contributed by atoms with Gasteiger partial charge in [-0.05, 0) is 30.5 Å². The molecule has 0 fully saturated rings. The lowest BCUT2D eigenvalue weighted by molar-refractivity contribution is -0.139. The Morgan fingerprint density at radius 2 is 1.69 bits per heavy atom. The number of aliphatic hydroxyl groups excluding tert-OH is 1. The van der Waals surface area contributed by atoms with Crippen molar-refractivity contribution in [1.29, 1.82) is 0 Å². The number of aliphatic hydroxyl groups is 1. The third kappa shape index (κ3) is 5.11. The molecule has 1 nitrogen and oxygen atoms in total. The molecule has 0 radical (unpaired) electrons. The van der Waals surface area contributed by atoms with Gasteiger partial charge in [-0.2, -0.15) is 13.2 Å². The van der Waals surface area contributed by atoms with Crippen molar-refractivity contribution in [3.63, 3.8) is 0 Å². The second kappa shape index (κ2) is 5.30. The minimum absolute atomic E-state index is 0.107. The molecule has 1 rings (SSSR count). The largest absolute Gasteiger partial charge is 0.393 e. The predicted octanol–water partition coefficient (Wildman–Crippen LogP) is 3.07. The van der Waals surface area contributed by atoms with E-state index in [0.717, 1.165) is 0 Å². The van der Waals surface area contributed by atoms with E-state index in [0.29, 0.717) is 5.56 Å². The molecule has 1 N–H and O–H groups in total. The normalized spacial score (nSPS) is 13.8. The first-order valence-corrected chi connectivity index (χ1v) is 4.86. The minimum Gasteiger partial charge on any atom is -0.393 e. The fourth-order valence-electron chi connectivity index (χ4n) is 1.32. The molecule has 0 aromatic heterocycles. The summed E-state index contributed by atoms with van der Waals surface area (Å²) in [5.74, 6) is -0.409. The van der Waals surface area contributed by atoms with Crippen LogP contribution >= 0.6 is 0 Å². The van der Waals surface area contributed by atoms with Crippen LogP contribution in [-0.4, -0.2) is 17.4 Å². The van der Waals surface area contributed by atoms with Gasteiger partial charge in [-0.3, -0.25) is 0 Å². The van der Waals surface area contributed by atoms with Gasteiger partial charge in [-0.15, -0.1) is 0 Å². The Morgan fingerprint density at radius 1 is 1.12 bits per heavy atom. The monoisotopic (exact) mass is 236 g/mol. The first-order valence-electron chi connectivity index (χ1n) is 4.86. The first kappa shape index (κ1) is 13.0. The van der Waals surface area contributed by atoms with Crippen LogP contribution in [-0.2, 0) is 6.42 Å². The van der Waals surface area contributed by atoms with Crippen molar-refractivity contribution in [2.24, 2.45) is 0 Å². The zero-order valence-electron chi connectivity index (χ0n) is 8.47. The summed E-state index contributed by atoms with van der Waals surface area (Å²) in [4.78, 5) is 0. The summed E-state index contributed by atoms with van der Waals surface area (Å²) in [7, 11) is 0. The third-order valence-electron chi connectivity index (χ3n) is 2.15. The molecule has 0 aliphatic carbocycles. The fourth-order valence-corrected chi connectivity index (χ4v) is 1.32. The summed E-state index contributed by atoms with van der Waals surface area (Å²) in [5.41, 5.74) is 0.621. The first-order chi connectivity index (χ1) is 7.37. The number of alkyl halides is 3. The van der Waals surface area contributed by atoms with Crippen molar-refractivity contribution < 1.29 is 22.7 Å². The highest BCUT2D eigenvalue weighted by Crippen LogP contribution is 2.23. The number of hydrogen-bond donors (Lipinski definition) is 1. The number of benzene rings is 1. The molecule has 1 atom stereocenters. The molecule has 0 amide bonds. The molecule has 0 heterocycles. The van der Waals surface area contributed by atoms with Crippen LogP contribution in [0.2, 0.25) is 0 Å². The van der Waals surface area contributed by atoms with Crippen LogP contribution in [0.15, 0.2) is 24.3 Å². The summed E-state index contributed by atoms with van der Waals surface area (Å²) in [5, 5.41) is 9.34. The summed E-state index contributed by atoms with van der Waals surface area (Å²) in [6.07, 6.45) is -6.52. The Labute approximate surface area is 90.7 Å². The van der Waals surface area contributed by atoms with Crippen LogP contribution < -0.4 is 0 Å². The molecular formula is C11H12F4O. The predicted molar refractivity (Wildman–Crippen MR) is 51.4 cm³/mol. The van der Waals surface area contributed by atoms with Crippen LogP contribution in [0.5, 0.6) is 0 Å². The van der Waals surface area contributed by atoms with Gasteiger partial charge >= 0.3 is 6.18 Å². The lowest BCUT2D eigenvalue weighted by Gasteiger charge is -2.12. The third-order valence-corrected chi connectivity index (χ3v) is 2.15. The molecule has 0 bridgehead atoms. The van der Waals surface area contributed by atoms with E-state index in [-0.39, 0.29) is 12.8 Å². The average molecular weight is 236 g/mol. The number of halogens is 4. The Morgan fingerprint density at radius 3 is 2.19 bits per heavy atom. The van der Waals surface area contributed by atoms with E-state index in [1.165, 1.54) is 24.3 Å². The zero-order chi connectivity index (χ0) is 12.2. The highest BCUT2D eigenvalue weighted by Gasteiger charge is 2.27. The fraction of sp³-hybridized carbons (Fsp3) is 0.455. The summed E-state index contributed by atoms with van der Waals surface area (Å²) < 4.78 is 48.1. The Hall–Kier alpha value is -1.10. The standard InChI is InChI=1S/C11H12F4O/c12-9-3-1-8(2-4-9)7-10(16)5-6-11(13,14)15/h1-4,10,16H,5-7H2. The van der Waals surface area contributed by atoms with E-state index in [4.69, 9.17) is 0 Å². The molecule has 5 heteroatoms. The van der Waals surface area contributed by atoms with Crippen molar-refractivity contribution in [2.75, 3.05) is 0 Å². The van der Waals surface area contributed by atoms with Gasteiger partial charge in [0.1, 0.15) is 5.82 Å². The second-order valence-corrected chi connectivity index (χ2v) is 3.64. The zero-order valence-corrected chi connectivity index (χ0v) is 8.47. The Balaban J connectivity index is 2.39. The van der Waals surface area contributed by atoms with E-state index >= 15 is 0 Å². The topological polar surface area (TPSA) is 20.2 Å². The summed E-state index contributed by atoms with van der Waals surface area (Å²) in [6.45, 7) is 0. The van der Waals surface area contributed by atoms with Crippen molar-refractivity contribution >= 4 is 0 Å². The molecule has 0 aliphatic rings. The molecule has 1 aromatic carbocycles. The minimum atomic E-state index is -4.25. The maximum atomic E-state index is 12.5. The van der Waals surface area contributed by atoms with E-state index in [1.54, 1.807) is 0 Å². The van der Waals surface area contributed by atoms with E-state index in [9.17, 15) is 22.7 Å².